The quantitative estimate of drug-likeness (QED) is 0.709. The molecule has 0 bridgehead atoms. The molecule has 1 heterocycles. The molecular formula is C20H24FNO4S. The highest BCUT2D eigenvalue weighted by Gasteiger charge is 2.36. The molecule has 0 radical (unpaired) electrons. The maximum Gasteiger partial charge on any atom is 0.243 e. The smallest absolute Gasteiger partial charge is 0.243 e. The van der Waals surface area contributed by atoms with Crippen LogP contribution < -0.4 is 9.47 Å². The van der Waals surface area contributed by atoms with Crippen LogP contribution >= 0.6 is 0 Å². The molecule has 0 aromatic heterocycles. The molecule has 0 N–H and O–H groups in total. The normalized spacial score (nSPS) is 17.8. The van der Waals surface area contributed by atoms with Crippen molar-refractivity contribution in [1.29, 1.82) is 0 Å². The Morgan fingerprint density at radius 1 is 1.04 bits per heavy atom. The van der Waals surface area contributed by atoms with Crippen molar-refractivity contribution in [2.75, 3.05) is 19.8 Å². The van der Waals surface area contributed by atoms with Crippen molar-refractivity contribution in [2.24, 2.45) is 0 Å². The van der Waals surface area contributed by atoms with Crippen molar-refractivity contribution in [3.8, 4) is 11.5 Å². The number of benzene rings is 2. The molecule has 1 fully saturated rings. The molecule has 2 aromatic rings. The fourth-order valence-electron chi connectivity index (χ4n) is 3.37. The summed E-state index contributed by atoms with van der Waals surface area (Å²) in [6.07, 6.45) is 1.47. The summed E-state index contributed by atoms with van der Waals surface area (Å²) in [4.78, 5) is 0.170. The number of hydrogen-bond acceptors (Lipinski definition) is 4. The molecule has 0 spiro atoms. The highest BCUT2D eigenvalue weighted by atomic mass is 32.2. The minimum Gasteiger partial charge on any atom is -0.490 e. The first-order chi connectivity index (χ1) is 13.0. The lowest BCUT2D eigenvalue weighted by Gasteiger charge is -2.25. The van der Waals surface area contributed by atoms with Crippen LogP contribution in [0.25, 0.3) is 0 Å². The van der Waals surface area contributed by atoms with Crippen LogP contribution in [0.2, 0.25) is 0 Å². The Morgan fingerprint density at radius 3 is 2.37 bits per heavy atom. The van der Waals surface area contributed by atoms with Crippen LogP contribution in [0.1, 0.15) is 38.3 Å². The second-order valence-electron chi connectivity index (χ2n) is 6.30. The Bertz CT molecular complexity index is 883. The van der Waals surface area contributed by atoms with Gasteiger partial charge in [-0.2, -0.15) is 4.31 Å². The molecule has 1 aliphatic rings. The van der Waals surface area contributed by atoms with E-state index in [0.717, 1.165) is 12.0 Å². The Labute approximate surface area is 159 Å². The maximum absolute atomic E-state index is 13.3. The second-order valence-corrected chi connectivity index (χ2v) is 8.19. The molecule has 1 saturated heterocycles. The molecule has 0 aliphatic carbocycles. The Morgan fingerprint density at radius 2 is 1.70 bits per heavy atom. The third-order valence-electron chi connectivity index (χ3n) is 4.58. The van der Waals surface area contributed by atoms with Crippen LogP contribution in [-0.2, 0) is 10.0 Å². The van der Waals surface area contributed by atoms with Crippen molar-refractivity contribution < 1.29 is 22.3 Å². The Balaban J connectivity index is 1.95. The zero-order valence-corrected chi connectivity index (χ0v) is 16.3. The van der Waals surface area contributed by atoms with Gasteiger partial charge in [0.1, 0.15) is 5.82 Å². The van der Waals surface area contributed by atoms with E-state index in [4.69, 9.17) is 9.47 Å². The lowest BCUT2D eigenvalue weighted by atomic mass is 10.1. The van der Waals surface area contributed by atoms with E-state index in [-0.39, 0.29) is 16.8 Å². The van der Waals surface area contributed by atoms with E-state index in [0.29, 0.717) is 37.7 Å². The van der Waals surface area contributed by atoms with Gasteiger partial charge >= 0.3 is 0 Å². The highest BCUT2D eigenvalue weighted by molar-refractivity contribution is 7.89. The number of halogens is 1. The van der Waals surface area contributed by atoms with Crippen molar-refractivity contribution in [3.63, 3.8) is 0 Å². The summed E-state index contributed by atoms with van der Waals surface area (Å²) in [6.45, 7) is 5.00. The third kappa shape index (κ3) is 4.09. The minimum atomic E-state index is -3.71. The van der Waals surface area contributed by atoms with E-state index >= 15 is 0 Å². The van der Waals surface area contributed by atoms with E-state index in [1.807, 2.05) is 13.8 Å². The van der Waals surface area contributed by atoms with Crippen LogP contribution in [0.4, 0.5) is 4.39 Å². The topological polar surface area (TPSA) is 55.8 Å². The summed E-state index contributed by atoms with van der Waals surface area (Å²) in [7, 11) is -3.71. The fourth-order valence-corrected chi connectivity index (χ4v) is 5.07. The van der Waals surface area contributed by atoms with Gasteiger partial charge in [0.15, 0.2) is 11.5 Å². The van der Waals surface area contributed by atoms with Gasteiger partial charge in [-0.1, -0.05) is 12.1 Å². The van der Waals surface area contributed by atoms with Gasteiger partial charge in [-0.3, -0.25) is 0 Å². The van der Waals surface area contributed by atoms with Crippen molar-refractivity contribution >= 4 is 10.0 Å². The standard InChI is InChI=1S/C20H24FNO4S/c1-3-25-19-12-11-17(14-20(19)26-4-2)27(23,24)22-13-5-6-18(22)15-7-9-16(21)10-8-15/h7-12,14,18H,3-6,13H2,1-2H3. The van der Waals surface area contributed by atoms with Crippen molar-refractivity contribution in [1.82, 2.24) is 4.31 Å². The summed E-state index contributed by atoms with van der Waals surface area (Å²) >= 11 is 0. The summed E-state index contributed by atoms with van der Waals surface area (Å²) in [5.41, 5.74) is 0.799. The fraction of sp³-hybridized carbons (Fsp3) is 0.400. The van der Waals surface area contributed by atoms with Crippen LogP contribution in [0.5, 0.6) is 11.5 Å². The average Bonchev–Trinajstić information content (AvgIpc) is 3.15. The van der Waals surface area contributed by atoms with Crippen LogP contribution in [-0.4, -0.2) is 32.5 Å². The SMILES string of the molecule is CCOc1ccc(S(=O)(=O)N2CCCC2c2ccc(F)cc2)cc1OCC. The van der Waals surface area contributed by atoms with Gasteiger partial charge in [0.2, 0.25) is 10.0 Å². The molecule has 3 rings (SSSR count). The summed E-state index contributed by atoms with van der Waals surface area (Å²) < 4.78 is 52.3. The molecule has 1 aliphatic heterocycles. The molecule has 1 atom stereocenters. The number of rotatable bonds is 7. The molecule has 0 saturated carbocycles. The van der Waals surface area contributed by atoms with E-state index in [2.05, 4.69) is 0 Å². The van der Waals surface area contributed by atoms with Gasteiger partial charge in [0.25, 0.3) is 0 Å². The molecule has 146 valence electrons. The molecule has 1 unspecified atom stereocenters. The van der Waals surface area contributed by atoms with Crippen molar-refractivity contribution in [2.45, 2.75) is 37.6 Å². The molecular weight excluding hydrogens is 369 g/mol. The first-order valence-electron chi connectivity index (χ1n) is 9.14. The average molecular weight is 393 g/mol. The lowest BCUT2D eigenvalue weighted by molar-refractivity contribution is 0.287. The summed E-state index contributed by atoms with van der Waals surface area (Å²) in [6, 6.07) is 10.4. The summed E-state index contributed by atoms with van der Waals surface area (Å²) in [5, 5.41) is 0. The van der Waals surface area contributed by atoms with Gasteiger partial charge in [0, 0.05) is 12.6 Å². The summed E-state index contributed by atoms with van der Waals surface area (Å²) in [5.74, 6) is 0.604. The van der Waals surface area contributed by atoms with E-state index in [1.54, 1.807) is 24.3 Å². The van der Waals surface area contributed by atoms with Crippen LogP contribution in [0, 0.1) is 5.82 Å². The zero-order valence-electron chi connectivity index (χ0n) is 15.5. The molecule has 7 heteroatoms. The molecule has 0 amide bonds. The molecule has 2 aromatic carbocycles. The first kappa shape index (κ1) is 19.6. The number of hydrogen-bond donors (Lipinski definition) is 0. The highest BCUT2D eigenvalue weighted by Crippen LogP contribution is 2.38. The Kier molecular flexibility index (Phi) is 6.01. The largest absolute Gasteiger partial charge is 0.490 e. The number of ether oxygens (including phenoxy) is 2. The lowest BCUT2D eigenvalue weighted by Crippen LogP contribution is -2.30. The predicted octanol–water partition coefficient (Wildman–Crippen LogP) is 4.15. The van der Waals surface area contributed by atoms with Gasteiger partial charge in [-0.05, 0) is 56.5 Å². The van der Waals surface area contributed by atoms with Crippen LogP contribution in [0.15, 0.2) is 47.4 Å². The molecule has 27 heavy (non-hydrogen) atoms. The monoisotopic (exact) mass is 393 g/mol. The zero-order chi connectivity index (χ0) is 19.4. The maximum atomic E-state index is 13.3. The third-order valence-corrected chi connectivity index (χ3v) is 6.48. The van der Waals surface area contributed by atoms with E-state index < -0.39 is 10.0 Å². The minimum absolute atomic E-state index is 0.170. The van der Waals surface area contributed by atoms with Crippen molar-refractivity contribution in [3.05, 3.63) is 53.8 Å². The number of nitrogens with zero attached hydrogens (tertiary/aromatic N) is 1. The first-order valence-corrected chi connectivity index (χ1v) is 10.6. The molecule has 5 nitrogen and oxygen atoms in total. The Hall–Kier alpha value is -2.12. The predicted molar refractivity (Wildman–Crippen MR) is 101 cm³/mol. The van der Waals surface area contributed by atoms with Gasteiger partial charge in [-0.25, -0.2) is 12.8 Å². The number of sulfonamides is 1. The second kappa shape index (κ2) is 8.27. The van der Waals surface area contributed by atoms with Gasteiger partial charge < -0.3 is 9.47 Å². The van der Waals surface area contributed by atoms with E-state index in [9.17, 15) is 12.8 Å². The van der Waals surface area contributed by atoms with E-state index in [1.165, 1.54) is 22.5 Å². The van der Waals surface area contributed by atoms with Gasteiger partial charge in [0.05, 0.1) is 24.2 Å². The van der Waals surface area contributed by atoms with Gasteiger partial charge in [-0.15, -0.1) is 0 Å². The van der Waals surface area contributed by atoms with Crippen LogP contribution in [0.3, 0.4) is 0 Å².